The molecule has 1 aromatic heterocycles. The number of hydrogen-bond donors (Lipinski definition) is 1. The van der Waals surface area contributed by atoms with E-state index in [-0.39, 0.29) is 12.1 Å². The van der Waals surface area contributed by atoms with E-state index in [9.17, 15) is 4.79 Å². The van der Waals surface area contributed by atoms with Crippen molar-refractivity contribution in [1.29, 1.82) is 5.26 Å². The standard InChI is InChI=1S/C14H18N2O2/c15-10-11-8-9-13(16-11)14(17)18-12-6-4-2-1-3-5-7-12/h8-9,12,16H,1-7H2. The third-order valence-electron chi connectivity index (χ3n) is 3.35. The Morgan fingerprint density at radius 3 is 2.50 bits per heavy atom. The Morgan fingerprint density at radius 1 is 1.22 bits per heavy atom. The fourth-order valence-electron chi connectivity index (χ4n) is 2.33. The number of carbonyl (C=O) groups is 1. The number of H-pyrrole nitrogens is 1. The zero-order chi connectivity index (χ0) is 12.8. The second kappa shape index (κ2) is 6.25. The summed E-state index contributed by atoms with van der Waals surface area (Å²) in [5, 5.41) is 8.69. The molecule has 4 nitrogen and oxygen atoms in total. The molecule has 1 saturated carbocycles. The molecule has 0 atom stereocenters. The first-order valence-corrected chi connectivity index (χ1v) is 6.59. The Kier molecular flexibility index (Phi) is 4.40. The van der Waals surface area contributed by atoms with Gasteiger partial charge in [0.1, 0.15) is 23.6 Å². The third-order valence-corrected chi connectivity index (χ3v) is 3.35. The van der Waals surface area contributed by atoms with E-state index >= 15 is 0 Å². The summed E-state index contributed by atoms with van der Waals surface area (Å²) >= 11 is 0. The summed E-state index contributed by atoms with van der Waals surface area (Å²) in [5.41, 5.74) is 0.758. The van der Waals surface area contributed by atoms with Crippen molar-refractivity contribution in [2.75, 3.05) is 0 Å². The first kappa shape index (κ1) is 12.7. The van der Waals surface area contributed by atoms with Crippen LogP contribution in [-0.2, 0) is 4.74 Å². The quantitative estimate of drug-likeness (QED) is 0.815. The van der Waals surface area contributed by atoms with Gasteiger partial charge in [0.15, 0.2) is 0 Å². The van der Waals surface area contributed by atoms with Gasteiger partial charge in [-0.3, -0.25) is 0 Å². The Bertz CT molecular complexity index is 437. The molecule has 0 aromatic carbocycles. The molecule has 1 fully saturated rings. The zero-order valence-corrected chi connectivity index (χ0v) is 10.4. The molecule has 0 unspecified atom stereocenters. The van der Waals surface area contributed by atoms with Crippen LogP contribution in [0.5, 0.6) is 0 Å². The second-order valence-corrected chi connectivity index (χ2v) is 4.77. The molecule has 1 heterocycles. The average molecular weight is 246 g/mol. The lowest BCUT2D eigenvalue weighted by Gasteiger charge is -2.19. The first-order valence-electron chi connectivity index (χ1n) is 6.59. The second-order valence-electron chi connectivity index (χ2n) is 4.77. The normalized spacial score (nSPS) is 17.5. The molecular weight excluding hydrogens is 228 g/mol. The monoisotopic (exact) mass is 246 g/mol. The molecule has 0 spiro atoms. The fourth-order valence-corrected chi connectivity index (χ4v) is 2.33. The van der Waals surface area contributed by atoms with Crippen LogP contribution < -0.4 is 0 Å². The molecule has 0 saturated heterocycles. The molecule has 0 aliphatic heterocycles. The lowest BCUT2D eigenvalue weighted by molar-refractivity contribution is 0.0233. The largest absolute Gasteiger partial charge is 0.458 e. The van der Waals surface area contributed by atoms with Gasteiger partial charge in [0.25, 0.3) is 0 Å². The number of nitrogens with zero attached hydrogens (tertiary/aromatic N) is 1. The SMILES string of the molecule is N#Cc1ccc(C(=O)OC2CCCCCCC2)[nH]1. The Labute approximate surface area is 107 Å². The summed E-state index contributed by atoms with van der Waals surface area (Å²) in [7, 11) is 0. The minimum atomic E-state index is -0.345. The van der Waals surface area contributed by atoms with Crippen LogP contribution in [-0.4, -0.2) is 17.1 Å². The maximum atomic E-state index is 11.9. The molecule has 96 valence electrons. The number of nitrogens with one attached hydrogen (secondary N) is 1. The van der Waals surface area contributed by atoms with Crippen LogP contribution in [0.3, 0.4) is 0 Å². The number of rotatable bonds is 2. The van der Waals surface area contributed by atoms with Gasteiger partial charge in [0, 0.05) is 0 Å². The molecule has 0 bridgehead atoms. The van der Waals surface area contributed by atoms with Crippen LogP contribution in [0.4, 0.5) is 0 Å². The summed E-state index contributed by atoms with van der Waals surface area (Å²) in [6.45, 7) is 0. The Hall–Kier alpha value is -1.76. The molecule has 1 aromatic rings. The summed E-state index contributed by atoms with van der Waals surface area (Å²) in [6, 6.07) is 5.15. The van der Waals surface area contributed by atoms with E-state index in [2.05, 4.69) is 4.98 Å². The smallest absolute Gasteiger partial charge is 0.355 e. The summed E-state index contributed by atoms with van der Waals surface area (Å²) < 4.78 is 5.49. The van der Waals surface area contributed by atoms with Gasteiger partial charge in [0.2, 0.25) is 0 Å². The van der Waals surface area contributed by atoms with Gasteiger partial charge in [0.05, 0.1) is 0 Å². The van der Waals surface area contributed by atoms with Crippen molar-refractivity contribution >= 4 is 5.97 Å². The number of carbonyl (C=O) groups excluding carboxylic acids is 1. The maximum Gasteiger partial charge on any atom is 0.355 e. The van der Waals surface area contributed by atoms with Crippen molar-refractivity contribution in [2.24, 2.45) is 0 Å². The maximum absolute atomic E-state index is 11.9. The first-order chi connectivity index (χ1) is 8.79. The van der Waals surface area contributed by atoms with Crippen LogP contribution in [0.25, 0.3) is 0 Å². The highest BCUT2D eigenvalue weighted by Gasteiger charge is 2.18. The number of aromatic amines is 1. The summed E-state index contributed by atoms with van der Waals surface area (Å²) in [5.74, 6) is -0.345. The topological polar surface area (TPSA) is 65.9 Å². The highest BCUT2D eigenvalue weighted by atomic mass is 16.5. The van der Waals surface area contributed by atoms with Gasteiger partial charge in [-0.1, -0.05) is 19.3 Å². The van der Waals surface area contributed by atoms with Crippen LogP contribution in [0.1, 0.15) is 61.1 Å². The van der Waals surface area contributed by atoms with Crippen molar-refractivity contribution in [2.45, 2.75) is 51.0 Å². The molecule has 0 radical (unpaired) electrons. The Balaban J connectivity index is 1.91. The van der Waals surface area contributed by atoms with E-state index in [1.165, 1.54) is 19.3 Å². The fraction of sp³-hybridized carbons (Fsp3) is 0.571. The van der Waals surface area contributed by atoms with Gasteiger partial charge in [-0.05, 0) is 37.8 Å². The minimum Gasteiger partial charge on any atom is -0.458 e. The van der Waals surface area contributed by atoms with E-state index in [4.69, 9.17) is 10.00 Å². The average Bonchev–Trinajstić information content (AvgIpc) is 2.81. The van der Waals surface area contributed by atoms with Crippen LogP contribution in [0.2, 0.25) is 0 Å². The summed E-state index contributed by atoms with van der Waals surface area (Å²) in [6.07, 6.45) is 7.96. The van der Waals surface area contributed by atoms with E-state index in [0.717, 1.165) is 25.7 Å². The van der Waals surface area contributed by atoms with Crippen molar-refractivity contribution in [1.82, 2.24) is 4.98 Å². The number of ether oxygens (including phenoxy) is 1. The van der Waals surface area contributed by atoms with Crippen LogP contribution in [0, 0.1) is 11.3 Å². The number of nitriles is 1. The van der Waals surface area contributed by atoms with E-state index in [1.807, 2.05) is 6.07 Å². The number of hydrogen-bond acceptors (Lipinski definition) is 3. The van der Waals surface area contributed by atoms with Gasteiger partial charge in [-0.25, -0.2) is 4.79 Å². The van der Waals surface area contributed by atoms with E-state index in [1.54, 1.807) is 12.1 Å². The predicted molar refractivity (Wildman–Crippen MR) is 67.0 cm³/mol. The predicted octanol–water partition coefficient (Wildman–Crippen LogP) is 3.16. The van der Waals surface area contributed by atoms with Gasteiger partial charge in [-0.2, -0.15) is 5.26 Å². The molecule has 1 aliphatic carbocycles. The number of esters is 1. The van der Waals surface area contributed by atoms with Crippen molar-refractivity contribution in [3.05, 3.63) is 23.5 Å². The highest BCUT2D eigenvalue weighted by Crippen LogP contribution is 2.20. The zero-order valence-electron chi connectivity index (χ0n) is 10.4. The lowest BCUT2D eigenvalue weighted by Crippen LogP contribution is -2.19. The van der Waals surface area contributed by atoms with Gasteiger partial charge < -0.3 is 9.72 Å². The lowest BCUT2D eigenvalue weighted by atomic mass is 9.98. The highest BCUT2D eigenvalue weighted by molar-refractivity contribution is 5.87. The third kappa shape index (κ3) is 3.36. The van der Waals surface area contributed by atoms with Crippen molar-refractivity contribution < 1.29 is 9.53 Å². The molecule has 0 amide bonds. The minimum absolute atomic E-state index is 0.0339. The van der Waals surface area contributed by atoms with Gasteiger partial charge >= 0.3 is 5.97 Å². The molecular formula is C14H18N2O2. The molecule has 2 rings (SSSR count). The molecule has 1 N–H and O–H groups in total. The molecule has 1 aliphatic rings. The molecule has 4 heteroatoms. The van der Waals surface area contributed by atoms with Gasteiger partial charge in [-0.15, -0.1) is 0 Å². The molecule has 18 heavy (non-hydrogen) atoms. The van der Waals surface area contributed by atoms with E-state index < -0.39 is 0 Å². The summed E-state index contributed by atoms with van der Waals surface area (Å²) in [4.78, 5) is 14.6. The van der Waals surface area contributed by atoms with Crippen LogP contribution in [0.15, 0.2) is 12.1 Å². The van der Waals surface area contributed by atoms with E-state index in [0.29, 0.717) is 11.4 Å². The Morgan fingerprint density at radius 2 is 1.89 bits per heavy atom. The van der Waals surface area contributed by atoms with Crippen molar-refractivity contribution in [3.8, 4) is 6.07 Å². The van der Waals surface area contributed by atoms with Crippen LogP contribution >= 0.6 is 0 Å². The van der Waals surface area contributed by atoms with Crippen molar-refractivity contribution in [3.63, 3.8) is 0 Å². The number of aromatic nitrogens is 1.